The fourth-order valence-electron chi connectivity index (χ4n) is 3.58. The summed E-state index contributed by atoms with van der Waals surface area (Å²) in [7, 11) is 1.86. The van der Waals surface area contributed by atoms with E-state index in [4.69, 9.17) is 9.97 Å². The molecule has 0 saturated heterocycles. The number of aliphatic hydroxyl groups excluding tert-OH is 1. The number of aromatic nitrogens is 6. The number of hydrogen-bond donors (Lipinski definition) is 1. The first-order chi connectivity index (χ1) is 14.6. The van der Waals surface area contributed by atoms with Crippen molar-refractivity contribution >= 4 is 10.9 Å². The minimum atomic E-state index is -0.0910. The smallest absolute Gasteiger partial charge is 0.181 e. The number of pyridine rings is 1. The molecule has 2 aromatic carbocycles. The molecule has 5 rings (SSSR count). The quantitative estimate of drug-likeness (QED) is 0.501. The van der Waals surface area contributed by atoms with E-state index in [0.717, 1.165) is 39.1 Å². The average Bonchev–Trinajstić information content (AvgIpc) is 3.38. The molecule has 0 aliphatic heterocycles. The molecular formula is C23H20N6O. The molecular weight excluding hydrogens is 376 g/mol. The molecule has 7 heteroatoms. The van der Waals surface area contributed by atoms with Crippen LogP contribution in [0.15, 0.2) is 67.1 Å². The van der Waals surface area contributed by atoms with Gasteiger partial charge in [-0.3, -0.25) is 0 Å². The van der Waals surface area contributed by atoms with Crippen molar-refractivity contribution in [2.45, 2.75) is 13.5 Å². The van der Waals surface area contributed by atoms with Crippen LogP contribution in [0.3, 0.4) is 0 Å². The Morgan fingerprint density at radius 2 is 1.87 bits per heavy atom. The molecule has 7 nitrogen and oxygen atoms in total. The van der Waals surface area contributed by atoms with Gasteiger partial charge in [0, 0.05) is 29.8 Å². The molecule has 1 N–H and O–H groups in total. The van der Waals surface area contributed by atoms with E-state index in [-0.39, 0.29) is 6.61 Å². The Hall–Kier alpha value is -3.84. The molecule has 0 unspecified atom stereocenters. The second-order valence-electron chi connectivity index (χ2n) is 7.20. The van der Waals surface area contributed by atoms with Gasteiger partial charge in [-0.25, -0.2) is 19.6 Å². The van der Waals surface area contributed by atoms with E-state index in [1.807, 2.05) is 79.3 Å². The summed E-state index contributed by atoms with van der Waals surface area (Å²) in [5.74, 6) is 1.28. The first-order valence-electron chi connectivity index (χ1n) is 9.65. The molecule has 0 radical (unpaired) electrons. The number of benzene rings is 2. The number of rotatable bonds is 4. The highest BCUT2D eigenvalue weighted by Crippen LogP contribution is 2.26. The summed E-state index contributed by atoms with van der Waals surface area (Å²) < 4.78 is 3.64. The monoisotopic (exact) mass is 396 g/mol. The summed E-state index contributed by atoms with van der Waals surface area (Å²) in [6.45, 7) is 1.84. The molecule has 0 saturated carbocycles. The predicted molar refractivity (Wildman–Crippen MR) is 115 cm³/mol. The maximum absolute atomic E-state index is 9.91. The third-order valence-corrected chi connectivity index (χ3v) is 5.09. The van der Waals surface area contributed by atoms with Crippen molar-refractivity contribution in [3.05, 3.63) is 78.4 Å². The highest BCUT2D eigenvalue weighted by Gasteiger charge is 2.15. The summed E-state index contributed by atoms with van der Waals surface area (Å²) in [6, 6.07) is 17.8. The lowest BCUT2D eigenvalue weighted by molar-refractivity contribution is 0.281. The number of aliphatic hydroxyl groups is 1. The van der Waals surface area contributed by atoms with Crippen molar-refractivity contribution in [1.29, 1.82) is 0 Å². The van der Waals surface area contributed by atoms with Crippen LogP contribution < -0.4 is 0 Å². The van der Waals surface area contributed by atoms with Gasteiger partial charge in [0.05, 0.1) is 29.8 Å². The van der Waals surface area contributed by atoms with Crippen LogP contribution in [0.1, 0.15) is 11.3 Å². The van der Waals surface area contributed by atoms with E-state index in [0.29, 0.717) is 11.6 Å². The van der Waals surface area contributed by atoms with Crippen molar-refractivity contribution in [3.8, 4) is 28.6 Å². The van der Waals surface area contributed by atoms with Gasteiger partial charge in [-0.15, -0.1) is 0 Å². The van der Waals surface area contributed by atoms with Crippen molar-refractivity contribution < 1.29 is 5.11 Å². The van der Waals surface area contributed by atoms with Crippen LogP contribution in [-0.2, 0) is 13.7 Å². The lowest BCUT2D eigenvalue weighted by atomic mass is 10.1. The van der Waals surface area contributed by atoms with E-state index in [9.17, 15) is 5.11 Å². The lowest BCUT2D eigenvalue weighted by Gasteiger charge is -2.09. The van der Waals surface area contributed by atoms with Crippen LogP contribution in [0, 0.1) is 6.92 Å². The summed E-state index contributed by atoms with van der Waals surface area (Å²) >= 11 is 0. The van der Waals surface area contributed by atoms with Gasteiger partial charge >= 0.3 is 0 Å². The van der Waals surface area contributed by atoms with Crippen LogP contribution in [-0.4, -0.2) is 34.4 Å². The van der Waals surface area contributed by atoms with Crippen LogP contribution in [0.5, 0.6) is 0 Å². The largest absolute Gasteiger partial charge is 0.392 e. The Morgan fingerprint density at radius 3 is 2.67 bits per heavy atom. The molecule has 0 aliphatic carbocycles. The maximum atomic E-state index is 9.91. The number of para-hydroxylation sites is 1. The van der Waals surface area contributed by atoms with Crippen LogP contribution >= 0.6 is 0 Å². The van der Waals surface area contributed by atoms with Crippen molar-refractivity contribution in [1.82, 2.24) is 29.3 Å². The molecule has 0 amide bonds. The predicted octanol–water partition coefficient (Wildman–Crippen LogP) is 3.68. The SMILES string of the molecule is Cc1cn(-c2ccc(-c3nc(-c4ccc5ccccc5n4)n(C)n3)cc2CO)cn1. The number of imidazole rings is 1. The topological polar surface area (TPSA) is 81.7 Å². The molecule has 3 heterocycles. The van der Waals surface area contributed by atoms with Crippen LogP contribution in [0.4, 0.5) is 0 Å². The minimum absolute atomic E-state index is 0.0910. The summed E-state index contributed by atoms with van der Waals surface area (Å²) in [6.07, 6.45) is 3.67. The first-order valence-corrected chi connectivity index (χ1v) is 9.65. The number of nitrogens with zero attached hydrogens (tertiary/aromatic N) is 6. The van der Waals surface area contributed by atoms with E-state index in [1.165, 1.54) is 0 Å². The highest BCUT2D eigenvalue weighted by molar-refractivity contribution is 5.80. The second kappa shape index (κ2) is 7.20. The third kappa shape index (κ3) is 3.15. The summed E-state index contributed by atoms with van der Waals surface area (Å²) in [4.78, 5) is 13.7. The van der Waals surface area contributed by atoms with Crippen LogP contribution in [0.2, 0.25) is 0 Å². The Morgan fingerprint density at radius 1 is 1.00 bits per heavy atom. The zero-order valence-electron chi connectivity index (χ0n) is 16.7. The number of aryl methyl sites for hydroxylation is 2. The average molecular weight is 396 g/mol. The van der Waals surface area contributed by atoms with E-state index in [1.54, 1.807) is 11.0 Å². The fraction of sp³-hybridized carbons (Fsp3) is 0.130. The zero-order valence-corrected chi connectivity index (χ0v) is 16.7. The molecule has 3 aromatic heterocycles. The van der Waals surface area contributed by atoms with Gasteiger partial charge in [-0.1, -0.05) is 24.3 Å². The molecule has 0 fully saturated rings. The van der Waals surface area contributed by atoms with Gasteiger partial charge in [0.1, 0.15) is 5.69 Å². The van der Waals surface area contributed by atoms with Crippen LogP contribution in [0.25, 0.3) is 39.5 Å². The van der Waals surface area contributed by atoms with Crippen molar-refractivity contribution in [3.63, 3.8) is 0 Å². The fourth-order valence-corrected chi connectivity index (χ4v) is 3.58. The van der Waals surface area contributed by atoms with Gasteiger partial charge in [0.15, 0.2) is 11.6 Å². The van der Waals surface area contributed by atoms with Crippen molar-refractivity contribution in [2.75, 3.05) is 0 Å². The maximum Gasteiger partial charge on any atom is 0.181 e. The Kier molecular flexibility index (Phi) is 4.37. The summed E-state index contributed by atoms with van der Waals surface area (Å²) in [5.41, 5.74) is 5.10. The Bertz CT molecular complexity index is 1370. The van der Waals surface area contributed by atoms with Gasteiger partial charge in [0.2, 0.25) is 0 Å². The van der Waals surface area contributed by atoms with E-state index >= 15 is 0 Å². The number of hydrogen-bond acceptors (Lipinski definition) is 5. The zero-order chi connectivity index (χ0) is 20.7. The van der Waals surface area contributed by atoms with E-state index < -0.39 is 0 Å². The molecule has 5 aromatic rings. The Balaban J connectivity index is 1.55. The van der Waals surface area contributed by atoms with Crippen molar-refractivity contribution in [2.24, 2.45) is 7.05 Å². The minimum Gasteiger partial charge on any atom is -0.392 e. The standard InChI is InChI=1S/C23H20N6O/c1-15-12-29(14-24-15)21-10-8-17(11-18(21)13-30)22-26-23(28(2)27-22)20-9-7-16-5-3-4-6-19(16)25-20/h3-12,14,30H,13H2,1-2H3. The van der Waals surface area contributed by atoms with Gasteiger partial charge in [-0.05, 0) is 37.3 Å². The van der Waals surface area contributed by atoms with Gasteiger partial charge < -0.3 is 9.67 Å². The Labute approximate surface area is 173 Å². The second-order valence-corrected chi connectivity index (χ2v) is 7.20. The molecule has 148 valence electrons. The first kappa shape index (κ1) is 18.2. The summed E-state index contributed by atoms with van der Waals surface area (Å²) in [5, 5.41) is 15.6. The molecule has 0 atom stereocenters. The third-order valence-electron chi connectivity index (χ3n) is 5.09. The molecule has 0 aliphatic rings. The van der Waals surface area contributed by atoms with Gasteiger partial charge in [0.25, 0.3) is 0 Å². The normalized spacial score (nSPS) is 11.3. The van der Waals surface area contributed by atoms with Gasteiger partial charge in [-0.2, -0.15) is 5.10 Å². The molecule has 30 heavy (non-hydrogen) atoms. The molecule has 0 bridgehead atoms. The number of fused-ring (bicyclic) bond motifs is 1. The van der Waals surface area contributed by atoms with E-state index in [2.05, 4.69) is 10.1 Å². The highest BCUT2D eigenvalue weighted by atomic mass is 16.3. The molecule has 0 spiro atoms. The lowest BCUT2D eigenvalue weighted by Crippen LogP contribution is -1.98.